The van der Waals surface area contributed by atoms with Gasteiger partial charge in [0.25, 0.3) is 5.22 Å². The number of para-hydroxylation sites is 2. The Labute approximate surface area is 155 Å². The summed E-state index contributed by atoms with van der Waals surface area (Å²) >= 11 is 1.36. The molecule has 0 bridgehead atoms. The number of carbonyl (C=O) groups is 1. The number of nitrogens with one attached hydrogen (secondary N) is 1. The molecule has 1 aromatic heterocycles. The molecular weight excluding hydrogens is 344 g/mol. The van der Waals surface area contributed by atoms with Gasteiger partial charge in [-0.25, -0.2) is 4.98 Å². The zero-order valence-corrected chi connectivity index (χ0v) is 15.1. The molecule has 0 aliphatic carbocycles. The average molecular weight is 362 g/mol. The molecule has 0 unspecified atom stereocenters. The fourth-order valence-electron chi connectivity index (χ4n) is 2.84. The van der Waals surface area contributed by atoms with Crippen molar-refractivity contribution in [1.29, 1.82) is 0 Å². The molecule has 1 amide bonds. The smallest absolute Gasteiger partial charge is 0.257 e. The molecule has 4 aromatic rings. The van der Waals surface area contributed by atoms with Gasteiger partial charge in [0.15, 0.2) is 5.58 Å². The third-order valence-electron chi connectivity index (χ3n) is 4.20. The van der Waals surface area contributed by atoms with E-state index in [1.165, 1.54) is 11.8 Å². The van der Waals surface area contributed by atoms with Crippen LogP contribution in [0.25, 0.3) is 21.9 Å². The first-order chi connectivity index (χ1) is 12.7. The van der Waals surface area contributed by atoms with Crippen LogP contribution in [0.2, 0.25) is 0 Å². The molecule has 0 spiro atoms. The highest BCUT2D eigenvalue weighted by Gasteiger charge is 2.21. The number of carbonyl (C=O) groups excluding carboxylic acids is 1. The lowest BCUT2D eigenvalue weighted by molar-refractivity contribution is -0.115. The van der Waals surface area contributed by atoms with E-state index < -0.39 is 0 Å². The molecule has 0 saturated carbocycles. The topological polar surface area (TPSA) is 55.1 Å². The number of nitrogens with zero attached hydrogens (tertiary/aromatic N) is 1. The van der Waals surface area contributed by atoms with Gasteiger partial charge < -0.3 is 9.73 Å². The second-order valence-electron chi connectivity index (χ2n) is 6.01. The number of thioether (sulfide) groups is 1. The highest BCUT2D eigenvalue weighted by atomic mass is 32.2. The van der Waals surface area contributed by atoms with Crippen molar-refractivity contribution in [2.24, 2.45) is 0 Å². The Morgan fingerprint density at radius 1 is 1.08 bits per heavy atom. The number of amides is 1. The number of rotatable bonds is 5. The van der Waals surface area contributed by atoms with Crippen LogP contribution in [0.5, 0.6) is 0 Å². The van der Waals surface area contributed by atoms with Crippen LogP contribution in [0.1, 0.15) is 13.3 Å². The molecule has 0 fully saturated rings. The van der Waals surface area contributed by atoms with E-state index >= 15 is 0 Å². The van der Waals surface area contributed by atoms with Gasteiger partial charge in [-0.2, -0.15) is 0 Å². The first-order valence-corrected chi connectivity index (χ1v) is 9.43. The maximum Gasteiger partial charge on any atom is 0.257 e. The van der Waals surface area contributed by atoms with Gasteiger partial charge in [0.05, 0.1) is 5.25 Å². The van der Waals surface area contributed by atoms with Crippen LogP contribution >= 0.6 is 11.8 Å². The molecule has 0 aliphatic heterocycles. The summed E-state index contributed by atoms with van der Waals surface area (Å²) < 4.78 is 5.73. The van der Waals surface area contributed by atoms with Crippen molar-refractivity contribution in [3.63, 3.8) is 0 Å². The second kappa shape index (κ2) is 7.22. The van der Waals surface area contributed by atoms with Crippen LogP contribution in [0.15, 0.2) is 76.4 Å². The zero-order chi connectivity index (χ0) is 17.9. The quantitative estimate of drug-likeness (QED) is 0.477. The van der Waals surface area contributed by atoms with Gasteiger partial charge in [-0.1, -0.05) is 61.2 Å². The standard InChI is InChI=1S/C21H18N2O2S/c1-2-19(26-21-23-17-9-5-6-10-18(17)25-21)20(24)22-16-12-11-14-7-3-4-8-15(14)13-16/h3-13,19H,2H2,1H3,(H,22,24)/t19-/m0/s1. The van der Waals surface area contributed by atoms with Crippen LogP contribution in [0.4, 0.5) is 5.69 Å². The van der Waals surface area contributed by atoms with Crippen molar-refractivity contribution in [1.82, 2.24) is 4.98 Å². The molecule has 130 valence electrons. The molecule has 0 saturated heterocycles. The summed E-state index contributed by atoms with van der Waals surface area (Å²) in [6, 6.07) is 21.6. The van der Waals surface area contributed by atoms with Crippen LogP contribution in [-0.4, -0.2) is 16.1 Å². The van der Waals surface area contributed by atoms with E-state index in [0.717, 1.165) is 27.6 Å². The van der Waals surface area contributed by atoms with Crippen LogP contribution in [0, 0.1) is 0 Å². The Hall–Kier alpha value is -2.79. The number of hydrogen-bond acceptors (Lipinski definition) is 4. The maximum absolute atomic E-state index is 12.7. The Morgan fingerprint density at radius 3 is 2.65 bits per heavy atom. The maximum atomic E-state index is 12.7. The van der Waals surface area contributed by atoms with Gasteiger partial charge in [-0.05, 0) is 41.5 Å². The Morgan fingerprint density at radius 2 is 1.85 bits per heavy atom. The summed E-state index contributed by atoms with van der Waals surface area (Å²) in [6.45, 7) is 1.99. The van der Waals surface area contributed by atoms with Crippen LogP contribution < -0.4 is 5.32 Å². The van der Waals surface area contributed by atoms with E-state index in [1.807, 2.05) is 67.6 Å². The fourth-order valence-corrected chi connectivity index (χ4v) is 3.70. The molecule has 3 aromatic carbocycles. The normalized spacial score (nSPS) is 12.3. The number of benzene rings is 3. The first kappa shape index (κ1) is 16.7. The molecule has 0 radical (unpaired) electrons. The van der Waals surface area contributed by atoms with Gasteiger partial charge >= 0.3 is 0 Å². The summed E-state index contributed by atoms with van der Waals surface area (Å²) in [6.07, 6.45) is 0.683. The lowest BCUT2D eigenvalue weighted by Crippen LogP contribution is -2.24. The number of hydrogen-bond donors (Lipinski definition) is 1. The van der Waals surface area contributed by atoms with E-state index in [0.29, 0.717) is 11.6 Å². The Bertz CT molecular complexity index is 1040. The van der Waals surface area contributed by atoms with Gasteiger partial charge in [0.1, 0.15) is 5.52 Å². The fraction of sp³-hybridized carbons (Fsp3) is 0.143. The molecule has 26 heavy (non-hydrogen) atoms. The van der Waals surface area contributed by atoms with E-state index in [4.69, 9.17) is 4.42 Å². The first-order valence-electron chi connectivity index (χ1n) is 8.55. The summed E-state index contributed by atoms with van der Waals surface area (Å²) in [5.41, 5.74) is 2.34. The third-order valence-corrected chi connectivity index (χ3v) is 5.41. The minimum atomic E-state index is -0.269. The molecule has 1 atom stereocenters. The number of oxazole rings is 1. The summed E-state index contributed by atoms with van der Waals surface area (Å²) in [5.74, 6) is -0.0463. The molecular formula is C21H18N2O2S. The minimum absolute atomic E-state index is 0.0463. The van der Waals surface area contributed by atoms with Gasteiger partial charge in [0.2, 0.25) is 5.91 Å². The number of aromatic nitrogens is 1. The summed E-state index contributed by atoms with van der Waals surface area (Å²) in [7, 11) is 0. The van der Waals surface area contributed by atoms with Crippen molar-refractivity contribution in [3.8, 4) is 0 Å². The largest absolute Gasteiger partial charge is 0.431 e. The second-order valence-corrected chi connectivity index (χ2v) is 7.17. The lowest BCUT2D eigenvalue weighted by atomic mass is 10.1. The minimum Gasteiger partial charge on any atom is -0.431 e. The van der Waals surface area contributed by atoms with E-state index in [9.17, 15) is 4.79 Å². The Kier molecular flexibility index (Phi) is 4.63. The van der Waals surface area contributed by atoms with Gasteiger partial charge in [0, 0.05) is 5.69 Å². The van der Waals surface area contributed by atoms with E-state index in [-0.39, 0.29) is 11.2 Å². The SMILES string of the molecule is CC[C@H](Sc1nc2ccccc2o1)C(=O)Nc1ccc2ccccc2c1. The van der Waals surface area contributed by atoms with Crippen molar-refractivity contribution in [2.75, 3.05) is 5.32 Å². The van der Waals surface area contributed by atoms with Gasteiger partial charge in [-0.3, -0.25) is 4.79 Å². The highest BCUT2D eigenvalue weighted by molar-refractivity contribution is 8.00. The zero-order valence-electron chi connectivity index (χ0n) is 14.3. The molecule has 4 nitrogen and oxygen atoms in total. The lowest BCUT2D eigenvalue weighted by Gasteiger charge is -2.13. The molecule has 4 rings (SSSR count). The Balaban J connectivity index is 1.50. The van der Waals surface area contributed by atoms with E-state index in [1.54, 1.807) is 0 Å². The molecule has 1 N–H and O–H groups in total. The average Bonchev–Trinajstić information content (AvgIpc) is 3.08. The molecule has 0 aliphatic rings. The van der Waals surface area contributed by atoms with E-state index in [2.05, 4.69) is 16.4 Å². The summed E-state index contributed by atoms with van der Waals surface area (Å²) in [5, 5.41) is 5.51. The number of anilines is 1. The number of fused-ring (bicyclic) bond motifs is 2. The van der Waals surface area contributed by atoms with Crippen molar-refractivity contribution in [2.45, 2.75) is 23.8 Å². The van der Waals surface area contributed by atoms with Gasteiger partial charge in [-0.15, -0.1) is 0 Å². The van der Waals surface area contributed by atoms with Crippen molar-refractivity contribution < 1.29 is 9.21 Å². The highest BCUT2D eigenvalue weighted by Crippen LogP contribution is 2.29. The predicted octanol–water partition coefficient (Wildman–Crippen LogP) is 5.49. The van der Waals surface area contributed by atoms with Crippen LogP contribution in [0.3, 0.4) is 0 Å². The summed E-state index contributed by atoms with van der Waals surface area (Å²) in [4.78, 5) is 17.1. The van der Waals surface area contributed by atoms with Crippen molar-refractivity contribution in [3.05, 3.63) is 66.7 Å². The van der Waals surface area contributed by atoms with Crippen LogP contribution in [-0.2, 0) is 4.79 Å². The molecule has 1 heterocycles. The molecule has 5 heteroatoms. The predicted molar refractivity (Wildman–Crippen MR) is 107 cm³/mol. The third kappa shape index (κ3) is 3.44. The van der Waals surface area contributed by atoms with Crippen molar-refractivity contribution >= 4 is 45.2 Å². The monoisotopic (exact) mass is 362 g/mol.